The quantitative estimate of drug-likeness (QED) is 0.603. The summed E-state index contributed by atoms with van der Waals surface area (Å²) in [6, 6.07) is 12.3. The lowest BCUT2D eigenvalue weighted by Gasteiger charge is -2.37. The number of nitrogens with zero attached hydrogens (tertiary/aromatic N) is 6. The summed E-state index contributed by atoms with van der Waals surface area (Å²) in [6.45, 7) is 9.16. The first kappa shape index (κ1) is 19.9. The predicted molar refractivity (Wildman–Crippen MR) is 115 cm³/mol. The third-order valence-electron chi connectivity index (χ3n) is 5.15. The molecule has 0 saturated carbocycles. The Bertz CT molecular complexity index is 1030. The highest BCUT2D eigenvalue weighted by Crippen LogP contribution is 2.24. The van der Waals surface area contributed by atoms with Crippen LogP contribution in [0.15, 0.2) is 42.6 Å². The molecule has 0 bridgehead atoms. The van der Waals surface area contributed by atoms with Crippen LogP contribution in [0.5, 0.6) is 0 Å². The number of carbonyl (C=O) groups excluding carboxylic acids is 1. The minimum atomic E-state index is -0.405. The molecule has 0 unspecified atom stereocenters. The topological polar surface area (TPSA) is 76.4 Å². The largest absolute Gasteiger partial charge is 0.462 e. The number of hydrogen-bond donors (Lipinski definition) is 0. The number of anilines is 2. The number of esters is 1. The molecule has 4 rings (SSSR count). The number of para-hydroxylation sites is 1. The third kappa shape index (κ3) is 3.98. The number of piperazine rings is 1. The number of hydrogen-bond acceptors (Lipinski definition) is 7. The van der Waals surface area contributed by atoms with Crippen molar-refractivity contribution in [1.82, 2.24) is 19.7 Å². The van der Waals surface area contributed by atoms with Gasteiger partial charge in [-0.2, -0.15) is 10.1 Å². The smallest absolute Gasteiger partial charge is 0.343 e. The molecular formula is C22H26N6O2. The summed E-state index contributed by atoms with van der Waals surface area (Å²) in [5.74, 6) is 0.644. The maximum absolute atomic E-state index is 12.6. The van der Waals surface area contributed by atoms with Crippen molar-refractivity contribution in [3.63, 3.8) is 0 Å². The van der Waals surface area contributed by atoms with Gasteiger partial charge in [-0.25, -0.2) is 14.5 Å². The Morgan fingerprint density at radius 2 is 1.77 bits per heavy atom. The van der Waals surface area contributed by atoms with Crippen LogP contribution in [0.2, 0.25) is 0 Å². The van der Waals surface area contributed by atoms with E-state index >= 15 is 0 Å². The molecule has 1 saturated heterocycles. The number of benzene rings is 1. The zero-order valence-corrected chi connectivity index (χ0v) is 17.6. The molecule has 0 amide bonds. The van der Waals surface area contributed by atoms with Crippen LogP contribution in [0.4, 0.5) is 11.5 Å². The van der Waals surface area contributed by atoms with Gasteiger partial charge in [0, 0.05) is 43.8 Å². The Morgan fingerprint density at radius 1 is 1.07 bits per heavy atom. The highest BCUT2D eigenvalue weighted by Gasteiger charge is 2.25. The van der Waals surface area contributed by atoms with Crippen LogP contribution in [0, 0.1) is 13.8 Å². The van der Waals surface area contributed by atoms with E-state index in [2.05, 4.69) is 32.0 Å². The third-order valence-corrected chi connectivity index (χ3v) is 5.15. The molecule has 0 atom stereocenters. The summed E-state index contributed by atoms with van der Waals surface area (Å²) in [7, 11) is 0. The zero-order chi connectivity index (χ0) is 21.1. The van der Waals surface area contributed by atoms with E-state index in [1.807, 2.05) is 38.1 Å². The van der Waals surface area contributed by atoms with Gasteiger partial charge in [0.25, 0.3) is 5.95 Å². The van der Waals surface area contributed by atoms with Crippen molar-refractivity contribution >= 4 is 17.5 Å². The summed E-state index contributed by atoms with van der Waals surface area (Å²) in [6.07, 6.45) is 1.55. The van der Waals surface area contributed by atoms with E-state index in [1.54, 1.807) is 17.8 Å². The van der Waals surface area contributed by atoms with E-state index in [1.165, 1.54) is 5.69 Å². The van der Waals surface area contributed by atoms with Crippen LogP contribution in [-0.4, -0.2) is 58.5 Å². The maximum Gasteiger partial charge on any atom is 0.343 e. The summed E-state index contributed by atoms with van der Waals surface area (Å²) >= 11 is 0. The lowest BCUT2D eigenvalue weighted by atomic mass is 10.2. The molecule has 156 valence electrons. The second kappa shape index (κ2) is 8.52. The molecule has 30 heavy (non-hydrogen) atoms. The molecule has 0 N–H and O–H groups in total. The van der Waals surface area contributed by atoms with E-state index in [9.17, 15) is 4.79 Å². The van der Waals surface area contributed by atoms with E-state index in [0.717, 1.165) is 37.6 Å². The van der Waals surface area contributed by atoms with Crippen molar-refractivity contribution in [3.05, 3.63) is 59.5 Å². The number of aryl methyl sites for hydroxylation is 2. The van der Waals surface area contributed by atoms with Gasteiger partial charge < -0.3 is 14.5 Å². The monoisotopic (exact) mass is 406 g/mol. The van der Waals surface area contributed by atoms with Gasteiger partial charge in [0.05, 0.1) is 12.3 Å². The Labute approximate surface area is 176 Å². The number of rotatable bonds is 5. The second-order valence-corrected chi connectivity index (χ2v) is 7.28. The maximum atomic E-state index is 12.6. The fraction of sp³-hybridized carbons (Fsp3) is 0.364. The lowest BCUT2D eigenvalue weighted by molar-refractivity contribution is 0.0526. The van der Waals surface area contributed by atoms with Gasteiger partial charge in [0.1, 0.15) is 11.4 Å². The van der Waals surface area contributed by atoms with Crippen molar-refractivity contribution in [2.24, 2.45) is 0 Å². The van der Waals surface area contributed by atoms with Gasteiger partial charge in [-0.3, -0.25) is 0 Å². The molecule has 1 aromatic carbocycles. The summed E-state index contributed by atoms with van der Waals surface area (Å²) < 4.78 is 6.95. The predicted octanol–water partition coefficient (Wildman–Crippen LogP) is 2.78. The Hall–Kier alpha value is -3.42. The molecular weight excluding hydrogens is 380 g/mol. The van der Waals surface area contributed by atoms with Gasteiger partial charge in [0.2, 0.25) is 0 Å². The number of ether oxygens (including phenoxy) is 1. The van der Waals surface area contributed by atoms with Crippen LogP contribution < -0.4 is 9.80 Å². The van der Waals surface area contributed by atoms with E-state index < -0.39 is 5.97 Å². The van der Waals surface area contributed by atoms with Crippen LogP contribution >= 0.6 is 0 Å². The highest BCUT2D eigenvalue weighted by atomic mass is 16.5. The molecule has 2 aromatic heterocycles. The fourth-order valence-electron chi connectivity index (χ4n) is 3.71. The van der Waals surface area contributed by atoms with E-state index in [0.29, 0.717) is 23.9 Å². The van der Waals surface area contributed by atoms with Gasteiger partial charge in [-0.15, -0.1) is 0 Å². The Kier molecular flexibility index (Phi) is 5.65. The van der Waals surface area contributed by atoms with E-state index in [-0.39, 0.29) is 0 Å². The van der Waals surface area contributed by atoms with Crippen LogP contribution in [0.25, 0.3) is 5.95 Å². The van der Waals surface area contributed by atoms with Gasteiger partial charge in [-0.05, 0) is 39.0 Å². The van der Waals surface area contributed by atoms with Crippen LogP contribution in [0.3, 0.4) is 0 Å². The molecule has 3 aromatic rings. The van der Waals surface area contributed by atoms with Crippen LogP contribution in [-0.2, 0) is 4.74 Å². The molecule has 3 heterocycles. The first-order chi connectivity index (χ1) is 14.6. The molecule has 0 spiro atoms. The van der Waals surface area contributed by atoms with Crippen molar-refractivity contribution < 1.29 is 9.53 Å². The lowest BCUT2D eigenvalue weighted by Crippen LogP contribution is -2.47. The minimum absolute atomic E-state index is 0.305. The summed E-state index contributed by atoms with van der Waals surface area (Å²) in [4.78, 5) is 26.1. The van der Waals surface area contributed by atoms with Crippen molar-refractivity contribution in [1.29, 1.82) is 0 Å². The van der Waals surface area contributed by atoms with Gasteiger partial charge in [-0.1, -0.05) is 18.2 Å². The number of aromatic nitrogens is 4. The van der Waals surface area contributed by atoms with Gasteiger partial charge >= 0.3 is 5.97 Å². The summed E-state index contributed by atoms with van der Waals surface area (Å²) in [5.41, 5.74) is 3.42. The highest BCUT2D eigenvalue weighted by molar-refractivity contribution is 5.94. The first-order valence-electron chi connectivity index (χ1n) is 10.2. The molecule has 1 aliphatic rings. The second-order valence-electron chi connectivity index (χ2n) is 7.28. The minimum Gasteiger partial charge on any atom is -0.462 e. The molecule has 1 aliphatic heterocycles. The average Bonchev–Trinajstić information content (AvgIpc) is 3.12. The normalized spacial score (nSPS) is 14.1. The molecule has 8 heteroatoms. The molecule has 0 aliphatic carbocycles. The average molecular weight is 406 g/mol. The van der Waals surface area contributed by atoms with Crippen molar-refractivity contribution in [2.75, 3.05) is 42.6 Å². The van der Waals surface area contributed by atoms with E-state index in [4.69, 9.17) is 9.72 Å². The molecule has 0 radical (unpaired) electrons. The fourth-order valence-corrected chi connectivity index (χ4v) is 3.71. The molecule has 8 nitrogen and oxygen atoms in total. The Balaban J connectivity index is 1.64. The number of carbonyl (C=O) groups is 1. The van der Waals surface area contributed by atoms with Gasteiger partial charge in [0.15, 0.2) is 0 Å². The molecule has 1 fully saturated rings. The zero-order valence-electron chi connectivity index (χ0n) is 17.6. The van der Waals surface area contributed by atoms with Crippen molar-refractivity contribution in [3.8, 4) is 5.95 Å². The standard InChI is InChI=1S/C22H26N6O2/c1-4-30-21(29)19-15-23-22(28-17(3)14-16(2)25-28)24-20(19)27-12-10-26(11-13-27)18-8-6-5-7-9-18/h5-9,14-15H,4,10-13H2,1-3H3. The van der Waals surface area contributed by atoms with Crippen LogP contribution in [0.1, 0.15) is 28.7 Å². The SMILES string of the molecule is CCOC(=O)c1cnc(-n2nc(C)cc2C)nc1N1CCN(c2ccccc2)CC1. The first-order valence-corrected chi connectivity index (χ1v) is 10.2. The summed E-state index contributed by atoms with van der Waals surface area (Å²) in [5, 5.41) is 4.48. The van der Waals surface area contributed by atoms with Crippen molar-refractivity contribution in [2.45, 2.75) is 20.8 Å². The Morgan fingerprint density at radius 3 is 2.40 bits per heavy atom.